The van der Waals surface area contributed by atoms with Gasteiger partial charge in [0.25, 0.3) is 0 Å². The monoisotopic (exact) mass is 215 g/mol. The molecule has 0 unspecified atom stereocenters. The van der Waals surface area contributed by atoms with E-state index in [-0.39, 0.29) is 11.8 Å². The molecule has 0 bridgehead atoms. The molecule has 0 atom stereocenters. The maximum absolute atomic E-state index is 11.2. The lowest BCUT2D eigenvalue weighted by molar-refractivity contribution is -0.123. The number of carbonyl (C=O) groups excluding carboxylic acids is 1. The summed E-state index contributed by atoms with van der Waals surface area (Å²) in [6.07, 6.45) is 4.57. The van der Waals surface area contributed by atoms with Crippen molar-refractivity contribution in [3.05, 3.63) is 0 Å². The van der Waals surface area contributed by atoms with Crippen LogP contribution in [-0.2, 0) is 9.53 Å². The van der Waals surface area contributed by atoms with Gasteiger partial charge in [0.15, 0.2) is 0 Å². The van der Waals surface area contributed by atoms with E-state index in [0.29, 0.717) is 0 Å². The van der Waals surface area contributed by atoms with Crippen molar-refractivity contribution in [3.8, 4) is 0 Å². The van der Waals surface area contributed by atoms with E-state index in [1.54, 1.807) is 0 Å². The SMILES string of the molecule is CCOCCCCCCNC(=O)C(C)C. The van der Waals surface area contributed by atoms with Gasteiger partial charge in [-0.15, -0.1) is 0 Å². The van der Waals surface area contributed by atoms with E-state index in [2.05, 4.69) is 5.32 Å². The first-order valence-corrected chi connectivity index (χ1v) is 6.04. The highest BCUT2D eigenvalue weighted by molar-refractivity contribution is 5.77. The summed E-state index contributed by atoms with van der Waals surface area (Å²) in [5.41, 5.74) is 0. The summed E-state index contributed by atoms with van der Waals surface area (Å²) in [5, 5.41) is 2.91. The third kappa shape index (κ3) is 9.73. The van der Waals surface area contributed by atoms with Gasteiger partial charge in [0.05, 0.1) is 0 Å². The molecule has 0 heterocycles. The Hall–Kier alpha value is -0.570. The van der Waals surface area contributed by atoms with Gasteiger partial charge < -0.3 is 10.1 Å². The summed E-state index contributed by atoms with van der Waals surface area (Å²) < 4.78 is 5.24. The third-order valence-electron chi connectivity index (χ3n) is 2.24. The molecule has 1 amide bonds. The van der Waals surface area contributed by atoms with E-state index in [1.165, 1.54) is 12.8 Å². The van der Waals surface area contributed by atoms with Crippen molar-refractivity contribution in [3.63, 3.8) is 0 Å². The van der Waals surface area contributed by atoms with Crippen LogP contribution in [0.3, 0.4) is 0 Å². The third-order valence-corrected chi connectivity index (χ3v) is 2.24. The van der Waals surface area contributed by atoms with Crippen LogP contribution in [0.25, 0.3) is 0 Å². The largest absolute Gasteiger partial charge is 0.382 e. The molecule has 0 aromatic heterocycles. The predicted molar refractivity (Wildman–Crippen MR) is 62.8 cm³/mol. The Balaban J connectivity index is 3.08. The average molecular weight is 215 g/mol. The Morgan fingerprint density at radius 1 is 1.20 bits per heavy atom. The second-order valence-electron chi connectivity index (χ2n) is 4.06. The van der Waals surface area contributed by atoms with Crippen LogP contribution in [0.5, 0.6) is 0 Å². The Morgan fingerprint density at radius 3 is 2.47 bits per heavy atom. The van der Waals surface area contributed by atoms with E-state index >= 15 is 0 Å². The number of hydrogen-bond acceptors (Lipinski definition) is 2. The first-order chi connectivity index (χ1) is 7.18. The van der Waals surface area contributed by atoms with Crippen molar-refractivity contribution >= 4 is 5.91 Å². The fourth-order valence-corrected chi connectivity index (χ4v) is 1.24. The van der Waals surface area contributed by atoms with Gasteiger partial charge in [0, 0.05) is 25.7 Å². The Labute approximate surface area is 93.6 Å². The van der Waals surface area contributed by atoms with Gasteiger partial charge in [-0.2, -0.15) is 0 Å². The lowest BCUT2D eigenvalue weighted by Crippen LogP contribution is -2.28. The van der Waals surface area contributed by atoms with Crippen LogP contribution in [0.1, 0.15) is 46.5 Å². The van der Waals surface area contributed by atoms with Crippen LogP contribution >= 0.6 is 0 Å². The number of unbranched alkanes of at least 4 members (excludes halogenated alkanes) is 3. The molecule has 0 saturated heterocycles. The van der Waals surface area contributed by atoms with E-state index in [0.717, 1.165) is 32.6 Å². The molecular weight excluding hydrogens is 190 g/mol. The van der Waals surface area contributed by atoms with E-state index in [1.807, 2.05) is 20.8 Å². The highest BCUT2D eigenvalue weighted by Gasteiger charge is 2.04. The maximum atomic E-state index is 11.2. The minimum Gasteiger partial charge on any atom is -0.382 e. The average Bonchev–Trinajstić information content (AvgIpc) is 2.21. The fraction of sp³-hybridized carbons (Fsp3) is 0.917. The van der Waals surface area contributed by atoms with E-state index < -0.39 is 0 Å². The van der Waals surface area contributed by atoms with Gasteiger partial charge >= 0.3 is 0 Å². The molecule has 1 N–H and O–H groups in total. The number of amides is 1. The molecular formula is C12H25NO2. The number of hydrogen-bond donors (Lipinski definition) is 1. The summed E-state index contributed by atoms with van der Waals surface area (Å²) in [6.45, 7) is 8.33. The topological polar surface area (TPSA) is 38.3 Å². The van der Waals surface area contributed by atoms with Crippen molar-refractivity contribution in [2.45, 2.75) is 46.5 Å². The standard InChI is InChI=1S/C12H25NO2/c1-4-15-10-8-6-5-7-9-13-12(14)11(2)3/h11H,4-10H2,1-3H3,(H,13,14). The van der Waals surface area contributed by atoms with Crippen molar-refractivity contribution in [2.75, 3.05) is 19.8 Å². The van der Waals surface area contributed by atoms with Gasteiger partial charge in [-0.25, -0.2) is 0 Å². The Bertz CT molecular complexity index is 158. The molecule has 15 heavy (non-hydrogen) atoms. The van der Waals surface area contributed by atoms with Crippen LogP contribution in [0.2, 0.25) is 0 Å². The van der Waals surface area contributed by atoms with Crippen molar-refractivity contribution in [1.29, 1.82) is 0 Å². The van der Waals surface area contributed by atoms with Crippen LogP contribution in [0.4, 0.5) is 0 Å². The van der Waals surface area contributed by atoms with E-state index in [9.17, 15) is 4.79 Å². The molecule has 0 rings (SSSR count). The summed E-state index contributed by atoms with van der Waals surface area (Å²) in [5.74, 6) is 0.257. The molecule has 0 aliphatic carbocycles. The summed E-state index contributed by atoms with van der Waals surface area (Å²) in [7, 11) is 0. The summed E-state index contributed by atoms with van der Waals surface area (Å²) >= 11 is 0. The van der Waals surface area contributed by atoms with Crippen molar-refractivity contribution in [1.82, 2.24) is 5.32 Å². The summed E-state index contributed by atoms with van der Waals surface area (Å²) in [4.78, 5) is 11.2. The van der Waals surface area contributed by atoms with Crippen molar-refractivity contribution in [2.24, 2.45) is 5.92 Å². The fourth-order valence-electron chi connectivity index (χ4n) is 1.24. The molecule has 0 aromatic rings. The molecule has 3 heteroatoms. The summed E-state index contributed by atoms with van der Waals surface area (Å²) in [6, 6.07) is 0. The number of carbonyl (C=O) groups is 1. The van der Waals surface area contributed by atoms with Gasteiger partial charge in [0.1, 0.15) is 0 Å². The second kappa shape index (κ2) is 9.97. The molecule has 0 fully saturated rings. The lowest BCUT2D eigenvalue weighted by Gasteiger charge is -2.07. The van der Waals surface area contributed by atoms with E-state index in [4.69, 9.17) is 4.74 Å². The molecule has 0 aliphatic rings. The predicted octanol–water partition coefficient (Wildman–Crippen LogP) is 2.36. The molecule has 0 aromatic carbocycles. The molecule has 0 spiro atoms. The first kappa shape index (κ1) is 14.4. The molecule has 0 radical (unpaired) electrons. The smallest absolute Gasteiger partial charge is 0.222 e. The molecule has 3 nitrogen and oxygen atoms in total. The molecule has 90 valence electrons. The maximum Gasteiger partial charge on any atom is 0.222 e. The highest BCUT2D eigenvalue weighted by atomic mass is 16.5. The molecule has 0 saturated carbocycles. The van der Waals surface area contributed by atoms with Gasteiger partial charge in [-0.1, -0.05) is 26.7 Å². The molecule has 0 aliphatic heterocycles. The van der Waals surface area contributed by atoms with Crippen LogP contribution in [0, 0.1) is 5.92 Å². The first-order valence-electron chi connectivity index (χ1n) is 6.04. The number of nitrogens with one attached hydrogen (secondary N) is 1. The highest BCUT2D eigenvalue weighted by Crippen LogP contribution is 1.99. The Morgan fingerprint density at radius 2 is 1.87 bits per heavy atom. The number of rotatable bonds is 9. The lowest BCUT2D eigenvalue weighted by atomic mass is 10.2. The normalized spacial score (nSPS) is 10.7. The quantitative estimate of drug-likeness (QED) is 0.600. The minimum atomic E-state index is 0.1000. The zero-order chi connectivity index (χ0) is 11.5. The minimum absolute atomic E-state index is 0.1000. The number of ether oxygens (including phenoxy) is 1. The van der Waals surface area contributed by atoms with Crippen LogP contribution < -0.4 is 5.32 Å². The van der Waals surface area contributed by atoms with Gasteiger partial charge in [-0.05, 0) is 19.8 Å². The van der Waals surface area contributed by atoms with Gasteiger partial charge in [-0.3, -0.25) is 4.79 Å². The van der Waals surface area contributed by atoms with Crippen LogP contribution in [-0.4, -0.2) is 25.7 Å². The Kier molecular flexibility index (Phi) is 9.59. The zero-order valence-electron chi connectivity index (χ0n) is 10.3. The zero-order valence-corrected chi connectivity index (χ0v) is 10.3. The second-order valence-corrected chi connectivity index (χ2v) is 4.06. The van der Waals surface area contributed by atoms with Gasteiger partial charge in [0.2, 0.25) is 5.91 Å². The van der Waals surface area contributed by atoms with Crippen LogP contribution in [0.15, 0.2) is 0 Å². The van der Waals surface area contributed by atoms with Crippen molar-refractivity contribution < 1.29 is 9.53 Å².